The largest absolute Gasteiger partial charge is 0.465 e. The Kier molecular flexibility index (Phi) is 3.69. The minimum Gasteiger partial charge on any atom is -0.465 e. The number of carbonyl (C=O) groups is 2. The summed E-state index contributed by atoms with van der Waals surface area (Å²) in [5, 5.41) is 1.98. The van der Waals surface area contributed by atoms with Crippen molar-refractivity contribution in [3.63, 3.8) is 0 Å². The molecule has 0 fully saturated rings. The van der Waals surface area contributed by atoms with E-state index in [1.54, 1.807) is 42.5 Å². The Morgan fingerprint density at radius 1 is 0.926 bits per heavy atom. The minimum absolute atomic E-state index is 0.0907. The van der Waals surface area contributed by atoms with Crippen molar-refractivity contribution in [3.05, 3.63) is 65.9 Å². The normalized spacial score (nSPS) is 12.0. The van der Waals surface area contributed by atoms with Crippen LogP contribution in [-0.2, 0) is 4.74 Å². The first kappa shape index (κ1) is 17.1. The monoisotopic (exact) mass is 371 g/mol. The van der Waals surface area contributed by atoms with Gasteiger partial charge < -0.3 is 9.14 Å². The molecule has 0 unspecified atom stereocenters. The molecule has 0 radical (unpaired) electrons. The average Bonchev–Trinajstić information content (AvgIpc) is 3.07. The van der Waals surface area contributed by atoms with Gasteiger partial charge in [-0.05, 0) is 17.5 Å². The molecule has 2 heterocycles. The van der Waals surface area contributed by atoms with E-state index >= 15 is 0 Å². The number of ketones is 1. The van der Waals surface area contributed by atoms with E-state index in [4.69, 9.17) is 4.74 Å². The molecular formula is C20H12F3NO3. The summed E-state index contributed by atoms with van der Waals surface area (Å²) in [6, 6.07) is 14.8. The van der Waals surface area contributed by atoms with Gasteiger partial charge in [0.2, 0.25) is 0 Å². The molecule has 0 aliphatic rings. The number of Topliss-reactive ketones (excluding diaryl/α,β-unsaturated/α-hetero) is 1. The Hall–Kier alpha value is -3.35. The molecule has 2 aromatic heterocycles. The zero-order chi connectivity index (χ0) is 19.3. The number of pyridine rings is 1. The van der Waals surface area contributed by atoms with Crippen molar-refractivity contribution >= 4 is 38.9 Å². The van der Waals surface area contributed by atoms with Gasteiger partial charge in [0, 0.05) is 10.8 Å². The quantitative estimate of drug-likeness (QED) is 0.290. The van der Waals surface area contributed by atoms with Crippen LogP contribution in [0.25, 0.3) is 27.2 Å². The van der Waals surface area contributed by atoms with Crippen LogP contribution in [0.15, 0.2) is 54.6 Å². The molecule has 0 bridgehead atoms. The van der Waals surface area contributed by atoms with Gasteiger partial charge in [-0.15, -0.1) is 0 Å². The number of methoxy groups -OCH3 is 1. The van der Waals surface area contributed by atoms with Crippen LogP contribution in [0.1, 0.15) is 20.8 Å². The molecule has 4 nitrogen and oxygen atoms in total. The maximum atomic E-state index is 13.2. The molecule has 0 atom stereocenters. The lowest BCUT2D eigenvalue weighted by Gasteiger charge is -2.12. The summed E-state index contributed by atoms with van der Waals surface area (Å²) in [7, 11) is 1.14. The van der Waals surface area contributed by atoms with Crippen molar-refractivity contribution in [3.8, 4) is 0 Å². The number of alkyl halides is 3. The highest BCUT2D eigenvalue weighted by molar-refractivity contribution is 6.19. The molecule has 4 rings (SSSR count). The van der Waals surface area contributed by atoms with Crippen LogP contribution in [0.5, 0.6) is 0 Å². The summed E-state index contributed by atoms with van der Waals surface area (Å²) in [6.07, 6.45) is -5.07. The second-order valence-electron chi connectivity index (χ2n) is 6.01. The third kappa shape index (κ3) is 2.46. The van der Waals surface area contributed by atoms with E-state index in [1.165, 1.54) is 4.40 Å². The lowest BCUT2D eigenvalue weighted by Crippen LogP contribution is -2.24. The summed E-state index contributed by atoms with van der Waals surface area (Å²) >= 11 is 0. The Bertz CT molecular complexity index is 1240. The highest BCUT2D eigenvalue weighted by atomic mass is 19.4. The zero-order valence-corrected chi connectivity index (χ0v) is 14.0. The Labute approximate surface area is 150 Å². The first-order chi connectivity index (χ1) is 12.8. The van der Waals surface area contributed by atoms with Gasteiger partial charge in [0.1, 0.15) is 5.69 Å². The molecule has 0 aliphatic carbocycles. The molecule has 0 aliphatic heterocycles. The highest BCUT2D eigenvalue weighted by Gasteiger charge is 2.42. The summed E-state index contributed by atoms with van der Waals surface area (Å²) in [4.78, 5) is 24.4. The SMILES string of the molecule is COC(=O)c1cc(C(=O)C(F)(F)F)n2c3ccccc3c3ccccc3c12. The molecule has 0 spiro atoms. The van der Waals surface area contributed by atoms with Crippen molar-refractivity contribution in [2.75, 3.05) is 7.11 Å². The Morgan fingerprint density at radius 2 is 1.52 bits per heavy atom. The topological polar surface area (TPSA) is 47.8 Å². The van der Waals surface area contributed by atoms with Crippen LogP contribution >= 0.6 is 0 Å². The molecule has 0 saturated carbocycles. The third-order valence-corrected chi connectivity index (χ3v) is 4.51. The van der Waals surface area contributed by atoms with Gasteiger partial charge in [0.15, 0.2) is 0 Å². The van der Waals surface area contributed by atoms with Crippen LogP contribution in [0, 0.1) is 0 Å². The summed E-state index contributed by atoms with van der Waals surface area (Å²) in [5.41, 5.74) is -0.107. The third-order valence-electron chi connectivity index (χ3n) is 4.51. The second-order valence-corrected chi connectivity index (χ2v) is 6.01. The minimum atomic E-state index is -5.07. The van der Waals surface area contributed by atoms with Gasteiger partial charge in [0.25, 0.3) is 5.78 Å². The summed E-state index contributed by atoms with van der Waals surface area (Å²) in [5.74, 6) is -2.83. The fourth-order valence-corrected chi connectivity index (χ4v) is 3.43. The molecule has 0 N–H and O–H groups in total. The number of para-hydroxylation sites is 1. The number of aromatic nitrogens is 1. The van der Waals surface area contributed by atoms with Crippen LogP contribution in [0.2, 0.25) is 0 Å². The Balaban J connectivity index is 2.31. The summed E-state index contributed by atoms with van der Waals surface area (Å²) < 4.78 is 45.5. The average molecular weight is 371 g/mol. The van der Waals surface area contributed by atoms with Crippen LogP contribution in [-0.4, -0.2) is 29.4 Å². The predicted octanol–water partition coefficient (Wildman–Crippen LogP) is 4.78. The number of halogens is 3. The number of hydrogen-bond acceptors (Lipinski definition) is 3. The first-order valence-electron chi connectivity index (χ1n) is 7.99. The molecular weight excluding hydrogens is 359 g/mol. The van der Waals surface area contributed by atoms with Crippen LogP contribution in [0.4, 0.5) is 13.2 Å². The maximum absolute atomic E-state index is 13.2. The number of ether oxygens (including phenoxy) is 1. The van der Waals surface area contributed by atoms with E-state index in [2.05, 4.69) is 0 Å². The second kappa shape index (κ2) is 5.84. The Morgan fingerprint density at radius 3 is 2.15 bits per heavy atom. The van der Waals surface area contributed by atoms with Crippen molar-refractivity contribution in [2.45, 2.75) is 6.18 Å². The van der Waals surface area contributed by atoms with Gasteiger partial charge in [0.05, 0.1) is 23.7 Å². The molecule has 4 aromatic rings. The predicted molar refractivity (Wildman–Crippen MR) is 94.1 cm³/mol. The van der Waals surface area contributed by atoms with Crippen molar-refractivity contribution in [2.24, 2.45) is 0 Å². The van der Waals surface area contributed by atoms with E-state index in [-0.39, 0.29) is 11.1 Å². The maximum Gasteiger partial charge on any atom is 0.456 e. The van der Waals surface area contributed by atoms with Crippen LogP contribution in [0.3, 0.4) is 0 Å². The van der Waals surface area contributed by atoms with Crippen molar-refractivity contribution in [1.29, 1.82) is 0 Å². The van der Waals surface area contributed by atoms with Crippen molar-refractivity contribution in [1.82, 2.24) is 4.40 Å². The highest BCUT2D eigenvalue weighted by Crippen LogP contribution is 2.35. The fourth-order valence-electron chi connectivity index (χ4n) is 3.43. The van der Waals surface area contributed by atoms with Crippen LogP contribution < -0.4 is 0 Å². The number of hydrogen-bond donors (Lipinski definition) is 0. The van der Waals surface area contributed by atoms with E-state index in [1.807, 2.05) is 6.07 Å². The smallest absolute Gasteiger partial charge is 0.456 e. The number of carbonyl (C=O) groups excluding carboxylic acids is 2. The standard InChI is InChI=1S/C20H12F3NO3/c1-27-19(26)14-10-16(18(25)20(21,22)23)24-15-9-5-4-7-12(15)11-6-2-3-8-13(11)17(14)24/h2-10H,1H3. The van der Waals surface area contributed by atoms with Gasteiger partial charge in [-0.1, -0.05) is 42.5 Å². The van der Waals surface area contributed by atoms with E-state index in [0.29, 0.717) is 16.3 Å². The zero-order valence-electron chi connectivity index (χ0n) is 14.0. The van der Waals surface area contributed by atoms with E-state index in [9.17, 15) is 22.8 Å². The number of benzene rings is 2. The van der Waals surface area contributed by atoms with E-state index < -0.39 is 23.6 Å². The lowest BCUT2D eigenvalue weighted by molar-refractivity contribution is -0.0888. The number of esters is 1. The first-order valence-corrected chi connectivity index (χ1v) is 7.99. The fraction of sp³-hybridized carbons (Fsp3) is 0.100. The number of nitrogens with zero attached hydrogens (tertiary/aromatic N) is 1. The van der Waals surface area contributed by atoms with Crippen molar-refractivity contribution < 1.29 is 27.5 Å². The van der Waals surface area contributed by atoms with Gasteiger partial charge >= 0.3 is 12.1 Å². The lowest BCUT2D eigenvalue weighted by atomic mass is 10.0. The summed E-state index contributed by atoms with van der Waals surface area (Å²) in [6.45, 7) is 0. The van der Waals surface area contributed by atoms with Gasteiger partial charge in [-0.2, -0.15) is 13.2 Å². The van der Waals surface area contributed by atoms with Gasteiger partial charge in [-0.25, -0.2) is 4.79 Å². The molecule has 0 amide bonds. The van der Waals surface area contributed by atoms with Gasteiger partial charge in [-0.3, -0.25) is 4.79 Å². The molecule has 136 valence electrons. The molecule has 7 heteroatoms. The molecule has 2 aromatic carbocycles. The van der Waals surface area contributed by atoms with E-state index in [0.717, 1.165) is 18.6 Å². The number of rotatable bonds is 2. The molecule has 27 heavy (non-hydrogen) atoms. The molecule has 0 saturated heterocycles. The number of fused-ring (bicyclic) bond motifs is 6.